The maximum absolute atomic E-state index is 15.3. The number of halogens is 1. The lowest BCUT2D eigenvalue weighted by Gasteiger charge is -2.29. The number of alkyl halides is 1. The molecular weight excluding hydrogens is 485 g/mol. The number of benzene rings is 1. The van der Waals surface area contributed by atoms with Gasteiger partial charge < -0.3 is 15.2 Å². The van der Waals surface area contributed by atoms with Crippen molar-refractivity contribution in [2.75, 3.05) is 38.2 Å². The summed E-state index contributed by atoms with van der Waals surface area (Å²) in [6.07, 6.45) is 6.81. The van der Waals surface area contributed by atoms with E-state index in [0.717, 1.165) is 66.6 Å². The lowest BCUT2D eigenvalue weighted by molar-refractivity contribution is -0.143. The molecule has 3 atom stereocenters. The quantitative estimate of drug-likeness (QED) is 0.378. The minimum absolute atomic E-state index is 0.123. The molecule has 9 heteroatoms. The average molecular weight is 522 g/mol. The zero-order valence-corrected chi connectivity index (χ0v) is 21.7. The number of likely N-dealkylation sites (tertiary alicyclic amines) is 1. The number of unbranched alkanes of at least 4 members (excludes halogenated alkanes) is 1. The van der Waals surface area contributed by atoms with Crippen LogP contribution in [0.15, 0.2) is 36.5 Å². The number of carbonyl (C=O) groups is 1. The van der Waals surface area contributed by atoms with E-state index < -0.39 is 18.2 Å². The predicted octanol–water partition coefficient (Wildman–Crippen LogP) is 4.56. The summed E-state index contributed by atoms with van der Waals surface area (Å²) in [6.45, 7) is 3.16. The number of para-hydroxylation sites is 1. The Kier molecular flexibility index (Phi) is 7.30. The zero-order valence-electron chi connectivity index (χ0n) is 21.7. The SMILES string of the molecule is O=C(O)C(c1cccc2cnn(C3COC3)c12)N1CC[C@@H](C(F)CCCCc2ccc3c(n2)NCCC3)C1. The molecule has 0 aliphatic carbocycles. The first-order chi connectivity index (χ1) is 18.6. The summed E-state index contributed by atoms with van der Waals surface area (Å²) in [7, 11) is 0. The lowest BCUT2D eigenvalue weighted by atomic mass is 9.97. The number of carboxylic acids is 1. The maximum Gasteiger partial charge on any atom is 0.325 e. The second kappa shape index (κ2) is 11.0. The Hall–Kier alpha value is -3.04. The van der Waals surface area contributed by atoms with Crippen molar-refractivity contribution in [3.8, 4) is 0 Å². The van der Waals surface area contributed by atoms with Crippen LogP contribution in [-0.2, 0) is 22.4 Å². The summed E-state index contributed by atoms with van der Waals surface area (Å²) in [6, 6.07) is 9.29. The Bertz CT molecular complexity index is 1290. The number of nitrogens with zero attached hydrogens (tertiary/aromatic N) is 4. The summed E-state index contributed by atoms with van der Waals surface area (Å²) in [4.78, 5) is 19.2. The average Bonchev–Trinajstić information content (AvgIpc) is 3.54. The van der Waals surface area contributed by atoms with E-state index in [4.69, 9.17) is 9.72 Å². The molecule has 0 radical (unpaired) electrons. The maximum atomic E-state index is 15.3. The summed E-state index contributed by atoms with van der Waals surface area (Å²) < 4.78 is 22.6. The highest BCUT2D eigenvalue weighted by atomic mass is 19.1. The van der Waals surface area contributed by atoms with Crippen LogP contribution >= 0.6 is 0 Å². The number of nitrogens with one attached hydrogen (secondary N) is 1. The van der Waals surface area contributed by atoms with E-state index in [1.54, 1.807) is 6.20 Å². The van der Waals surface area contributed by atoms with Gasteiger partial charge in [0.1, 0.15) is 18.0 Å². The number of aliphatic carboxylic acids is 1. The number of anilines is 1. The summed E-state index contributed by atoms with van der Waals surface area (Å²) in [5.41, 5.74) is 3.92. The fourth-order valence-corrected chi connectivity index (χ4v) is 6.21. The third-order valence-corrected chi connectivity index (χ3v) is 8.39. The topological polar surface area (TPSA) is 92.5 Å². The Morgan fingerprint density at radius 2 is 2.13 bits per heavy atom. The Balaban J connectivity index is 1.06. The smallest absolute Gasteiger partial charge is 0.325 e. The molecule has 8 nitrogen and oxygen atoms in total. The first-order valence-electron chi connectivity index (χ1n) is 14.0. The fourth-order valence-electron chi connectivity index (χ4n) is 6.21. The van der Waals surface area contributed by atoms with Crippen LogP contribution in [0, 0.1) is 5.92 Å². The van der Waals surface area contributed by atoms with Gasteiger partial charge in [-0.05, 0) is 56.7 Å². The van der Waals surface area contributed by atoms with Gasteiger partial charge in [0.15, 0.2) is 0 Å². The molecule has 2 N–H and O–H groups in total. The molecule has 3 aliphatic rings. The standard InChI is InChI=1S/C29H36FN5O3/c30-25(9-2-1-7-22-11-10-19-6-4-13-31-28(19)33-22)21-12-14-34(16-21)27(29(36)37)24-8-3-5-20-15-32-35(26(20)24)23-17-38-18-23/h3,5,8,10-11,15,21,23,25,27H,1-2,4,6-7,9,12-14,16-18H2,(H,31,33)(H,36,37)/t21-,25?,27?/m1/s1. The van der Waals surface area contributed by atoms with Crippen molar-refractivity contribution >= 4 is 22.7 Å². The molecule has 202 valence electrons. The molecule has 5 heterocycles. The third-order valence-electron chi connectivity index (χ3n) is 8.39. The molecule has 2 fully saturated rings. The first-order valence-corrected chi connectivity index (χ1v) is 14.0. The van der Waals surface area contributed by atoms with E-state index >= 15 is 4.39 Å². The van der Waals surface area contributed by atoms with Gasteiger partial charge in [0, 0.05) is 35.7 Å². The van der Waals surface area contributed by atoms with Crippen molar-refractivity contribution in [3.63, 3.8) is 0 Å². The van der Waals surface area contributed by atoms with Crippen molar-refractivity contribution in [1.82, 2.24) is 19.7 Å². The van der Waals surface area contributed by atoms with Crippen LogP contribution in [0.3, 0.4) is 0 Å². The van der Waals surface area contributed by atoms with E-state index in [-0.39, 0.29) is 12.0 Å². The number of ether oxygens (including phenoxy) is 1. The zero-order chi connectivity index (χ0) is 26.1. The molecule has 0 bridgehead atoms. The summed E-state index contributed by atoms with van der Waals surface area (Å²) >= 11 is 0. The minimum Gasteiger partial charge on any atom is -0.480 e. The van der Waals surface area contributed by atoms with Crippen LogP contribution < -0.4 is 5.32 Å². The summed E-state index contributed by atoms with van der Waals surface area (Å²) in [5.74, 6) is -0.0406. The Morgan fingerprint density at radius 1 is 1.24 bits per heavy atom. The highest BCUT2D eigenvalue weighted by molar-refractivity contribution is 5.88. The molecule has 38 heavy (non-hydrogen) atoms. The third kappa shape index (κ3) is 5.01. The van der Waals surface area contributed by atoms with Gasteiger partial charge in [-0.15, -0.1) is 0 Å². The van der Waals surface area contributed by atoms with Gasteiger partial charge in [-0.3, -0.25) is 14.4 Å². The molecule has 6 rings (SSSR count). The van der Waals surface area contributed by atoms with Crippen molar-refractivity contribution in [2.45, 2.75) is 63.2 Å². The molecule has 0 amide bonds. The van der Waals surface area contributed by atoms with Crippen molar-refractivity contribution < 1.29 is 19.0 Å². The van der Waals surface area contributed by atoms with Crippen LogP contribution in [0.2, 0.25) is 0 Å². The van der Waals surface area contributed by atoms with Crippen LogP contribution in [0.4, 0.5) is 10.2 Å². The number of rotatable bonds is 10. The van der Waals surface area contributed by atoms with Crippen LogP contribution in [0.5, 0.6) is 0 Å². The number of carboxylic acid groups (broad SMARTS) is 1. The summed E-state index contributed by atoms with van der Waals surface area (Å²) in [5, 5.41) is 19.1. The normalized spacial score (nSPS) is 21.6. The largest absolute Gasteiger partial charge is 0.480 e. The molecule has 2 saturated heterocycles. The molecule has 0 saturated carbocycles. The van der Waals surface area contributed by atoms with E-state index in [2.05, 4.69) is 22.5 Å². The van der Waals surface area contributed by atoms with Gasteiger partial charge in [0.05, 0.1) is 31.0 Å². The first kappa shape index (κ1) is 25.2. The number of fused-ring (bicyclic) bond motifs is 2. The van der Waals surface area contributed by atoms with Gasteiger partial charge in [-0.2, -0.15) is 5.10 Å². The van der Waals surface area contributed by atoms with E-state index in [9.17, 15) is 9.90 Å². The molecule has 2 unspecified atom stereocenters. The minimum atomic E-state index is -0.930. The van der Waals surface area contributed by atoms with Crippen LogP contribution in [0.25, 0.3) is 10.9 Å². The van der Waals surface area contributed by atoms with Crippen molar-refractivity contribution in [2.24, 2.45) is 5.92 Å². The molecule has 0 spiro atoms. The molecule has 3 aliphatic heterocycles. The Labute approximate surface area is 222 Å². The Morgan fingerprint density at radius 3 is 2.95 bits per heavy atom. The number of aryl methyl sites for hydroxylation is 2. The fraction of sp³-hybridized carbons (Fsp3) is 0.552. The van der Waals surface area contributed by atoms with Crippen molar-refractivity contribution in [3.05, 3.63) is 53.3 Å². The van der Waals surface area contributed by atoms with Crippen molar-refractivity contribution in [1.29, 1.82) is 0 Å². The van der Waals surface area contributed by atoms with Gasteiger partial charge >= 0.3 is 5.97 Å². The number of aromatic nitrogens is 3. The van der Waals surface area contributed by atoms with Crippen LogP contribution in [-0.4, -0.2) is 69.8 Å². The second-order valence-electron chi connectivity index (χ2n) is 11.0. The molecule has 1 aromatic carbocycles. The van der Waals surface area contributed by atoms with Gasteiger partial charge in [0.25, 0.3) is 0 Å². The monoisotopic (exact) mass is 521 g/mol. The lowest BCUT2D eigenvalue weighted by Crippen LogP contribution is -2.35. The highest BCUT2D eigenvalue weighted by Gasteiger charge is 2.38. The molecule has 2 aromatic heterocycles. The highest BCUT2D eigenvalue weighted by Crippen LogP contribution is 2.36. The number of hydrogen-bond acceptors (Lipinski definition) is 6. The van der Waals surface area contributed by atoms with E-state index in [0.29, 0.717) is 39.1 Å². The van der Waals surface area contributed by atoms with E-state index in [1.807, 2.05) is 27.8 Å². The van der Waals surface area contributed by atoms with Gasteiger partial charge in [0.2, 0.25) is 0 Å². The van der Waals surface area contributed by atoms with Gasteiger partial charge in [-0.25, -0.2) is 9.37 Å². The van der Waals surface area contributed by atoms with E-state index in [1.165, 1.54) is 5.56 Å². The number of hydrogen-bond donors (Lipinski definition) is 2. The molecule has 3 aromatic rings. The van der Waals surface area contributed by atoms with Crippen LogP contribution in [0.1, 0.15) is 61.0 Å². The number of pyridine rings is 1. The molecular formula is C29H36FN5O3. The second-order valence-corrected chi connectivity index (χ2v) is 11.0. The predicted molar refractivity (Wildman–Crippen MR) is 143 cm³/mol. The van der Waals surface area contributed by atoms with Gasteiger partial charge in [-0.1, -0.05) is 30.7 Å².